The van der Waals surface area contributed by atoms with Crippen molar-refractivity contribution in [2.45, 2.75) is 19.9 Å². The van der Waals surface area contributed by atoms with Crippen molar-refractivity contribution in [3.05, 3.63) is 35.6 Å². The molecule has 0 saturated carbocycles. The highest BCUT2D eigenvalue weighted by atomic mass is 35.5. The predicted molar refractivity (Wildman–Crippen MR) is 103 cm³/mol. The van der Waals surface area contributed by atoms with Crippen LogP contribution in [0.25, 0.3) is 27.8 Å². The first-order chi connectivity index (χ1) is 13.3. The van der Waals surface area contributed by atoms with Gasteiger partial charge in [-0.05, 0) is 13.8 Å². The van der Waals surface area contributed by atoms with Crippen LogP contribution in [-0.2, 0) is 0 Å². The van der Waals surface area contributed by atoms with Gasteiger partial charge in [-0.15, -0.1) is 0 Å². The van der Waals surface area contributed by atoms with Crippen LogP contribution >= 0.6 is 11.6 Å². The molecule has 1 amide bonds. The van der Waals surface area contributed by atoms with E-state index < -0.39 is 11.9 Å². The fourth-order valence-corrected chi connectivity index (χ4v) is 3.28. The summed E-state index contributed by atoms with van der Waals surface area (Å²) in [5.41, 5.74) is 1.91. The molecule has 0 spiro atoms. The second kappa shape index (κ2) is 6.64. The SMILES string of the molecule is CC(C)Nc1c(F)c(Cl)c(-c2cn3cc(NC(=O)O)nc3cn2)c2cn[nH]c12. The van der Waals surface area contributed by atoms with E-state index in [0.717, 1.165) is 0 Å². The van der Waals surface area contributed by atoms with Gasteiger partial charge in [-0.3, -0.25) is 15.4 Å². The number of nitrogens with zero attached hydrogens (tertiary/aromatic N) is 4. The molecule has 0 atom stereocenters. The van der Waals surface area contributed by atoms with Crippen LogP contribution in [0.1, 0.15) is 13.8 Å². The summed E-state index contributed by atoms with van der Waals surface area (Å²) in [6.07, 6.45) is 4.86. The van der Waals surface area contributed by atoms with Crippen LogP contribution in [0.2, 0.25) is 5.02 Å². The maximum atomic E-state index is 15.0. The van der Waals surface area contributed by atoms with Gasteiger partial charge in [-0.2, -0.15) is 5.10 Å². The van der Waals surface area contributed by atoms with Crippen LogP contribution in [0.5, 0.6) is 0 Å². The molecule has 4 aromatic rings. The number of hydrogen-bond acceptors (Lipinski definition) is 5. The summed E-state index contributed by atoms with van der Waals surface area (Å²) in [6.45, 7) is 3.78. The molecule has 28 heavy (non-hydrogen) atoms. The molecule has 0 aliphatic carbocycles. The lowest BCUT2D eigenvalue weighted by molar-refractivity contribution is 0.209. The lowest BCUT2D eigenvalue weighted by Gasteiger charge is -2.15. The summed E-state index contributed by atoms with van der Waals surface area (Å²) in [5.74, 6) is -0.462. The molecule has 3 heterocycles. The van der Waals surface area contributed by atoms with Gasteiger partial charge in [0, 0.05) is 23.2 Å². The van der Waals surface area contributed by atoms with E-state index in [2.05, 4.69) is 30.8 Å². The van der Waals surface area contributed by atoms with Crippen LogP contribution in [0, 0.1) is 5.82 Å². The van der Waals surface area contributed by atoms with Crippen LogP contribution in [0.15, 0.2) is 24.8 Å². The molecule has 4 N–H and O–H groups in total. The van der Waals surface area contributed by atoms with Crippen molar-refractivity contribution in [1.82, 2.24) is 24.6 Å². The van der Waals surface area contributed by atoms with Gasteiger partial charge in [0.1, 0.15) is 0 Å². The number of imidazole rings is 1. The molecular formula is C17H15ClFN7O2. The van der Waals surface area contributed by atoms with Crippen molar-refractivity contribution in [1.29, 1.82) is 0 Å². The number of hydrogen-bond donors (Lipinski definition) is 4. The predicted octanol–water partition coefficient (Wildman–Crippen LogP) is 3.98. The van der Waals surface area contributed by atoms with E-state index in [4.69, 9.17) is 16.7 Å². The quantitative estimate of drug-likeness (QED) is 0.409. The molecule has 9 nitrogen and oxygen atoms in total. The molecule has 11 heteroatoms. The number of carboxylic acid groups (broad SMARTS) is 1. The smallest absolute Gasteiger partial charge is 0.410 e. The van der Waals surface area contributed by atoms with Crippen molar-refractivity contribution in [2.24, 2.45) is 0 Å². The van der Waals surface area contributed by atoms with E-state index in [1.54, 1.807) is 16.8 Å². The number of H-pyrrole nitrogens is 1. The van der Waals surface area contributed by atoms with E-state index in [0.29, 0.717) is 27.8 Å². The van der Waals surface area contributed by atoms with Crippen LogP contribution in [0.4, 0.5) is 20.7 Å². The molecule has 144 valence electrons. The maximum Gasteiger partial charge on any atom is 0.410 e. The van der Waals surface area contributed by atoms with Gasteiger partial charge in [0.2, 0.25) is 0 Å². The summed E-state index contributed by atoms with van der Waals surface area (Å²) in [7, 11) is 0. The van der Waals surface area contributed by atoms with Crippen molar-refractivity contribution < 1.29 is 14.3 Å². The zero-order valence-corrected chi connectivity index (χ0v) is 15.5. The standard InChI is InChI=1S/C17H15ClFN7O2/c1-7(2)22-16-14(19)13(18)12(8-3-21-25-15(8)16)9-5-26-6-10(24-17(27)28)23-11(26)4-20-9/h3-7,22,24H,1-2H3,(H,21,25)(H,27,28). The zero-order chi connectivity index (χ0) is 20.0. The first-order valence-electron chi connectivity index (χ1n) is 8.30. The molecule has 0 aliphatic rings. The number of carbonyl (C=O) groups is 1. The Balaban J connectivity index is 1.90. The fourth-order valence-electron chi connectivity index (χ4n) is 2.99. The maximum absolute atomic E-state index is 15.0. The molecule has 4 rings (SSSR count). The van der Waals surface area contributed by atoms with Crippen LogP contribution < -0.4 is 10.6 Å². The monoisotopic (exact) mass is 403 g/mol. The number of aromatic nitrogens is 5. The largest absolute Gasteiger partial charge is 0.465 e. The number of rotatable bonds is 4. The topological polar surface area (TPSA) is 120 Å². The highest BCUT2D eigenvalue weighted by molar-refractivity contribution is 6.35. The molecule has 0 bridgehead atoms. The Morgan fingerprint density at radius 3 is 2.86 bits per heavy atom. The fraction of sp³-hybridized carbons (Fsp3) is 0.176. The molecule has 1 aromatic carbocycles. The van der Waals surface area contributed by atoms with Gasteiger partial charge >= 0.3 is 6.09 Å². The van der Waals surface area contributed by atoms with Crippen LogP contribution in [0.3, 0.4) is 0 Å². The van der Waals surface area contributed by atoms with Crippen molar-refractivity contribution in [3.8, 4) is 11.3 Å². The minimum absolute atomic E-state index is 0.0107. The van der Waals surface area contributed by atoms with E-state index in [1.165, 1.54) is 12.4 Å². The second-order valence-electron chi connectivity index (χ2n) is 6.43. The summed E-state index contributed by atoms with van der Waals surface area (Å²) < 4.78 is 16.6. The van der Waals surface area contributed by atoms with E-state index in [-0.39, 0.29) is 22.6 Å². The number of fused-ring (bicyclic) bond motifs is 2. The molecular weight excluding hydrogens is 389 g/mol. The van der Waals surface area contributed by atoms with Gasteiger partial charge < -0.3 is 14.8 Å². The molecule has 3 aromatic heterocycles. The minimum atomic E-state index is -1.23. The Labute approximate surface area is 162 Å². The Kier molecular flexibility index (Phi) is 4.27. The highest BCUT2D eigenvalue weighted by Gasteiger charge is 2.22. The van der Waals surface area contributed by atoms with E-state index >= 15 is 4.39 Å². The third kappa shape index (κ3) is 2.97. The van der Waals surface area contributed by atoms with Crippen LogP contribution in [-0.4, -0.2) is 41.8 Å². The normalized spacial score (nSPS) is 11.5. The number of amides is 1. The lowest BCUT2D eigenvalue weighted by Crippen LogP contribution is -2.12. The minimum Gasteiger partial charge on any atom is -0.465 e. The summed E-state index contributed by atoms with van der Waals surface area (Å²) in [5, 5.41) is 21.4. The van der Waals surface area contributed by atoms with Crippen molar-refractivity contribution in [2.75, 3.05) is 10.6 Å². The van der Waals surface area contributed by atoms with Gasteiger partial charge in [0.25, 0.3) is 0 Å². The third-order valence-corrected chi connectivity index (χ3v) is 4.41. The Morgan fingerprint density at radius 1 is 1.36 bits per heavy atom. The first kappa shape index (κ1) is 18.0. The summed E-state index contributed by atoms with van der Waals surface area (Å²) in [4.78, 5) is 19.2. The molecule has 0 radical (unpaired) electrons. The highest BCUT2D eigenvalue weighted by Crippen LogP contribution is 2.40. The van der Waals surface area contributed by atoms with Gasteiger partial charge in [-0.1, -0.05) is 11.6 Å². The Hall–Kier alpha value is -3.40. The summed E-state index contributed by atoms with van der Waals surface area (Å²) >= 11 is 6.37. The Bertz CT molecular complexity index is 1220. The lowest BCUT2D eigenvalue weighted by atomic mass is 10.1. The number of nitrogens with one attached hydrogen (secondary N) is 3. The number of aromatic amines is 1. The number of anilines is 2. The molecule has 0 aliphatic heterocycles. The van der Waals surface area contributed by atoms with E-state index in [1.807, 2.05) is 13.8 Å². The van der Waals surface area contributed by atoms with Gasteiger partial charge in [-0.25, -0.2) is 14.2 Å². The number of benzene rings is 1. The second-order valence-corrected chi connectivity index (χ2v) is 6.81. The van der Waals surface area contributed by atoms with Gasteiger partial charge in [0.15, 0.2) is 17.3 Å². The Morgan fingerprint density at radius 2 is 2.14 bits per heavy atom. The summed E-state index contributed by atoms with van der Waals surface area (Å²) in [6, 6.07) is -0.0107. The van der Waals surface area contributed by atoms with E-state index in [9.17, 15) is 4.79 Å². The van der Waals surface area contributed by atoms with Crippen molar-refractivity contribution >= 4 is 45.7 Å². The average molecular weight is 404 g/mol. The molecule has 0 fully saturated rings. The van der Waals surface area contributed by atoms with Crippen molar-refractivity contribution in [3.63, 3.8) is 0 Å². The molecule has 0 saturated heterocycles. The van der Waals surface area contributed by atoms with Gasteiger partial charge in [0.05, 0.1) is 40.5 Å². The number of halogens is 2. The molecule has 0 unspecified atom stereocenters. The zero-order valence-electron chi connectivity index (χ0n) is 14.8. The average Bonchev–Trinajstić information content (AvgIpc) is 3.24. The first-order valence-corrected chi connectivity index (χ1v) is 8.68. The third-order valence-electron chi connectivity index (χ3n) is 4.06.